The van der Waals surface area contributed by atoms with E-state index in [0.717, 1.165) is 5.56 Å². The van der Waals surface area contributed by atoms with E-state index in [9.17, 15) is 14.7 Å². The molecule has 1 aromatic rings. The van der Waals surface area contributed by atoms with Gasteiger partial charge in [0.2, 0.25) is 0 Å². The van der Waals surface area contributed by atoms with Gasteiger partial charge in [0.15, 0.2) is 0 Å². The minimum atomic E-state index is -0.524. The van der Waals surface area contributed by atoms with E-state index in [-0.39, 0.29) is 11.4 Å². The second-order valence-electron chi connectivity index (χ2n) is 3.30. The van der Waals surface area contributed by atoms with Crippen LogP contribution in [0.3, 0.4) is 0 Å². The highest BCUT2D eigenvalue weighted by Gasteiger charge is 2.22. The predicted molar refractivity (Wildman–Crippen MR) is 78.2 cm³/mol. The molecule has 3 amide bonds. The summed E-state index contributed by atoms with van der Waals surface area (Å²) in [7, 11) is 0. The van der Waals surface area contributed by atoms with E-state index in [2.05, 4.69) is 10.6 Å². The Morgan fingerprint density at radius 3 is 2.18 bits per heavy atom. The second-order valence-corrected chi connectivity index (χ2v) is 5.62. The number of urea groups is 1. The average Bonchev–Trinajstić information content (AvgIpc) is 2.54. The summed E-state index contributed by atoms with van der Waals surface area (Å²) in [6.45, 7) is 0. The van der Waals surface area contributed by atoms with E-state index in [4.69, 9.17) is 0 Å². The fraction of sp³-hybridized carbons (Fsp3) is 0. The number of aromatic hydroxyl groups is 1. The lowest BCUT2D eigenvalue weighted by Gasteiger charge is -2.03. The van der Waals surface area contributed by atoms with E-state index in [1.807, 2.05) is 45.2 Å². The Bertz CT molecular complexity index is 531. The number of hydrogen-bond acceptors (Lipinski definition) is 3. The molecule has 17 heavy (non-hydrogen) atoms. The lowest BCUT2D eigenvalue weighted by molar-refractivity contribution is -0.115. The third-order valence-corrected chi connectivity index (χ3v) is 3.71. The zero-order chi connectivity index (χ0) is 12.6. The Hall–Kier alpha value is -0.840. The molecule has 3 N–H and O–H groups in total. The van der Waals surface area contributed by atoms with E-state index in [1.165, 1.54) is 0 Å². The highest BCUT2D eigenvalue weighted by atomic mass is 127. The number of halogens is 2. The van der Waals surface area contributed by atoms with Crippen molar-refractivity contribution in [3.05, 3.63) is 30.5 Å². The van der Waals surface area contributed by atoms with Gasteiger partial charge >= 0.3 is 6.03 Å². The summed E-state index contributed by atoms with van der Waals surface area (Å²) in [6.07, 6.45) is 1.56. The molecule has 1 aromatic carbocycles. The number of imide groups is 1. The number of nitrogens with one attached hydrogen (secondary N) is 2. The summed E-state index contributed by atoms with van der Waals surface area (Å²) in [6, 6.07) is 2.93. The third-order valence-electron chi connectivity index (χ3n) is 2.07. The Kier molecular flexibility index (Phi) is 3.56. The molecule has 2 rings (SSSR count). The minimum Gasteiger partial charge on any atom is -0.506 e. The van der Waals surface area contributed by atoms with Crippen LogP contribution in [0.5, 0.6) is 5.75 Å². The zero-order valence-corrected chi connectivity index (χ0v) is 12.6. The minimum absolute atomic E-state index is 0.201. The van der Waals surface area contributed by atoms with Crippen molar-refractivity contribution in [3.8, 4) is 5.75 Å². The van der Waals surface area contributed by atoms with Crippen molar-refractivity contribution in [2.75, 3.05) is 0 Å². The van der Waals surface area contributed by atoms with Gasteiger partial charge < -0.3 is 10.4 Å². The van der Waals surface area contributed by atoms with Crippen LogP contribution in [0, 0.1) is 7.14 Å². The first-order valence-corrected chi connectivity index (χ1v) is 6.65. The number of benzene rings is 1. The SMILES string of the molecule is O=C1NC(=O)/C(=C\c2cc(I)c(O)c(I)c2)N1. The molecule has 1 aliphatic rings. The smallest absolute Gasteiger partial charge is 0.326 e. The quantitative estimate of drug-likeness (QED) is 0.343. The van der Waals surface area contributed by atoms with Crippen molar-refractivity contribution >= 4 is 63.2 Å². The molecule has 0 atom stereocenters. The molecule has 0 radical (unpaired) electrons. The van der Waals surface area contributed by atoms with Gasteiger partial charge in [-0.05, 0) is 69.0 Å². The lowest BCUT2D eigenvalue weighted by Crippen LogP contribution is -2.22. The van der Waals surface area contributed by atoms with Crippen LogP contribution in [-0.4, -0.2) is 17.0 Å². The van der Waals surface area contributed by atoms with Gasteiger partial charge in [0, 0.05) is 0 Å². The van der Waals surface area contributed by atoms with E-state index in [1.54, 1.807) is 18.2 Å². The topological polar surface area (TPSA) is 78.4 Å². The summed E-state index contributed by atoms with van der Waals surface area (Å²) in [5.74, 6) is -0.235. The van der Waals surface area contributed by atoms with Crippen molar-refractivity contribution in [2.45, 2.75) is 0 Å². The normalized spacial score (nSPS) is 17.2. The highest BCUT2D eigenvalue weighted by Crippen LogP contribution is 2.28. The first-order chi connectivity index (χ1) is 7.97. The fourth-order valence-electron chi connectivity index (χ4n) is 1.32. The molecule has 0 aromatic heterocycles. The van der Waals surface area contributed by atoms with Gasteiger partial charge in [0.1, 0.15) is 11.4 Å². The van der Waals surface area contributed by atoms with E-state index < -0.39 is 11.9 Å². The van der Waals surface area contributed by atoms with Crippen LogP contribution in [0.2, 0.25) is 0 Å². The van der Waals surface area contributed by atoms with Crippen molar-refractivity contribution in [2.24, 2.45) is 0 Å². The molecule has 0 bridgehead atoms. The van der Waals surface area contributed by atoms with Gasteiger partial charge in [-0.15, -0.1) is 0 Å². The van der Waals surface area contributed by atoms with E-state index >= 15 is 0 Å². The Morgan fingerprint density at radius 1 is 1.12 bits per heavy atom. The number of carbonyl (C=O) groups excluding carboxylic acids is 2. The number of phenols is 1. The first kappa shape index (κ1) is 12.6. The summed E-state index contributed by atoms with van der Waals surface area (Å²) in [5, 5.41) is 14.1. The Labute approximate surface area is 124 Å². The summed E-state index contributed by atoms with van der Waals surface area (Å²) in [4.78, 5) is 22.2. The van der Waals surface area contributed by atoms with Gasteiger partial charge in [-0.2, -0.15) is 0 Å². The highest BCUT2D eigenvalue weighted by molar-refractivity contribution is 14.1. The van der Waals surface area contributed by atoms with Crippen LogP contribution in [0.25, 0.3) is 6.08 Å². The lowest BCUT2D eigenvalue weighted by atomic mass is 10.2. The molecular weight excluding hydrogens is 450 g/mol. The standard InChI is InChI=1S/C10H6I2N2O3/c11-5-1-4(2-6(12)8(5)15)3-7-9(16)14-10(17)13-7/h1-3,15H,(H2,13,14,16,17)/b7-3+. The maximum Gasteiger partial charge on any atom is 0.326 e. The maximum atomic E-state index is 11.3. The van der Waals surface area contributed by atoms with Crippen molar-refractivity contribution in [1.29, 1.82) is 0 Å². The molecule has 7 heteroatoms. The van der Waals surface area contributed by atoms with Crippen molar-refractivity contribution < 1.29 is 14.7 Å². The maximum absolute atomic E-state index is 11.3. The Balaban J connectivity index is 2.40. The molecule has 1 saturated heterocycles. The molecule has 0 unspecified atom stereocenters. The molecule has 0 aliphatic carbocycles. The summed E-state index contributed by atoms with van der Waals surface area (Å²) in [5.41, 5.74) is 0.941. The monoisotopic (exact) mass is 456 g/mol. The van der Waals surface area contributed by atoms with Crippen molar-refractivity contribution in [1.82, 2.24) is 10.6 Å². The number of amides is 3. The van der Waals surface area contributed by atoms with Gasteiger partial charge in [0.05, 0.1) is 7.14 Å². The zero-order valence-electron chi connectivity index (χ0n) is 8.25. The van der Waals surface area contributed by atoms with Crippen LogP contribution in [0.1, 0.15) is 5.56 Å². The molecule has 88 valence electrons. The number of phenolic OH excluding ortho intramolecular Hbond substituents is 1. The largest absolute Gasteiger partial charge is 0.506 e. The molecule has 0 spiro atoms. The number of hydrogen-bond donors (Lipinski definition) is 3. The van der Waals surface area contributed by atoms with Gasteiger partial charge in [0.25, 0.3) is 5.91 Å². The number of carbonyl (C=O) groups is 2. The molecule has 1 heterocycles. The summed E-state index contributed by atoms with van der Waals surface area (Å²) >= 11 is 4.00. The van der Waals surface area contributed by atoms with Crippen molar-refractivity contribution in [3.63, 3.8) is 0 Å². The summed E-state index contributed by atoms with van der Waals surface area (Å²) < 4.78 is 1.37. The third kappa shape index (κ3) is 2.70. The molecule has 1 fully saturated rings. The number of rotatable bonds is 1. The van der Waals surface area contributed by atoms with Crippen LogP contribution >= 0.6 is 45.2 Å². The molecule has 5 nitrogen and oxygen atoms in total. The van der Waals surface area contributed by atoms with Gasteiger partial charge in [-0.3, -0.25) is 10.1 Å². The first-order valence-electron chi connectivity index (χ1n) is 4.49. The average molecular weight is 456 g/mol. The van der Waals surface area contributed by atoms with Gasteiger partial charge in [-0.25, -0.2) is 4.79 Å². The molecule has 1 aliphatic heterocycles. The molecular formula is C10H6I2N2O3. The Morgan fingerprint density at radius 2 is 1.71 bits per heavy atom. The predicted octanol–water partition coefficient (Wildman–Crippen LogP) is 1.78. The van der Waals surface area contributed by atoms with Gasteiger partial charge in [-0.1, -0.05) is 0 Å². The van der Waals surface area contributed by atoms with Crippen LogP contribution in [0.15, 0.2) is 17.8 Å². The van der Waals surface area contributed by atoms with E-state index in [0.29, 0.717) is 7.14 Å². The van der Waals surface area contributed by atoms with Crippen LogP contribution in [-0.2, 0) is 4.79 Å². The van der Waals surface area contributed by atoms with Crippen LogP contribution in [0.4, 0.5) is 4.79 Å². The second kappa shape index (κ2) is 4.80. The molecule has 0 saturated carbocycles. The van der Waals surface area contributed by atoms with Crippen LogP contribution < -0.4 is 10.6 Å². The fourth-order valence-corrected chi connectivity index (χ4v) is 3.13.